The standard InChI is InChI=1S/C9H15N3OS/c1-4-12-7(5-8(10)11-12)9(13)14-6(2)3/h5-6H,4H2,1-3H3,(H2,10,11). The third kappa shape index (κ3) is 2.51. The third-order valence-electron chi connectivity index (χ3n) is 1.65. The van der Waals surface area contributed by atoms with Crippen molar-refractivity contribution in [1.82, 2.24) is 9.78 Å². The predicted molar refractivity (Wildman–Crippen MR) is 59.4 cm³/mol. The summed E-state index contributed by atoms with van der Waals surface area (Å²) in [6.45, 7) is 6.57. The van der Waals surface area contributed by atoms with E-state index in [1.165, 1.54) is 11.8 Å². The largest absolute Gasteiger partial charge is 0.382 e. The summed E-state index contributed by atoms with van der Waals surface area (Å²) < 4.78 is 1.63. The van der Waals surface area contributed by atoms with Crippen LogP contribution in [0.3, 0.4) is 0 Å². The fraction of sp³-hybridized carbons (Fsp3) is 0.556. The summed E-state index contributed by atoms with van der Waals surface area (Å²) in [5.41, 5.74) is 6.12. The molecule has 0 fully saturated rings. The normalized spacial score (nSPS) is 10.9. The number of rotatable bonds is 3. The average Bonchev–Trinajstić information content (AvgIpc) is 2.45. The SMILES string of the molecule is CCn1nc(N)cc1C(=O)SC(C)C. The number of carbonyl (C=O) groups excluding carboxylic acids is 1. The first kappa shape index (κ1) is 11.1. The molecule has 0 amide bonds. The lowest BCUT2D eigenvalue weighted by atomic mass is 10.4. The van der Waals surface area contributed by atoms with E-state index in [2.05, 4.69) is 5.10 Å². The predicted octanol–water partition coefficient (Wildman–Crippen LogP) is 1.77. The molecule has 78 valence electrons. The Morgan fingerprint density at radius 1 is 1.71 bits per heavy atom. The molecule has 0 radical (unpaired) electrons. The lowest BCUT2D eigenvalue weighted by Crippen LogP contribution is -2.08. The van der Waals surface area contributed by atoms with Gasteiger partial charge in [-0.15, -0.1) is 0 Å². The number of aryl methyl sites for hydroxylation is 1. The minimum Gasteiger partial charge on any atom is -0.382 e. The highest BCUT2D eigenvalue weighted by atomic mass is 32.2. The summed E-state index contributed by atoms with van der Waals surface area (Å²) in [5.74, 6) is 0.402. The van der Waals surface area contributed by atoms with Crippen LogP contribution < -0.4 is 5.73 Å². The van der Waals surface area contributed by atoms with Crippen molar-refractivity contribution in [3.8, 4) is 0 Å². The van der Waals surface area contributed by atoms with E-state index in [0.29, 0.717) is 18.1 Å². The lowest BCUT2D eigenvalue weighted by Gasteiger charge is -2.04. The number of hydrogen-bond acceptors (Lipinski definition) is 4. The number of thioether (sulfide) groups is 1. The molecule has 0 aromatic carbocycles. The van der Waals surface area contributed by atoms with Crippen molar-refractivity contribution in [2.24, 2.45) is 0 Å². The van der Waals surface area contributed by atoms with E-state index in [9.17, 15) is 4.79 Å². The van der Waals surface area contributed by atoms with E-state index < -0.39 is 0 Å². The van der Waals surface area contributed by atoms with Crippen molar-refractivity contribution in [3.05, 3.63) is 11.8 Å². The first-order valence-electron chi connectivity index (χ1n) is 4.59. The van der Waals surface area contributed by atoms with Gasteiger partial charge in [0, 0.05) is 17.9 Å². The van der Waals surface area contributed by atoms with Gasteiger partial charge in [0.25, 0.3) is 0 Å². The topological polar surface area (TPSA) is 60.9 Å². The van der Waals surface area contributed by atoms with Crippen molar-refractivity contribution < 1.29 is 4.79 Å². The first-order valence-corrected chi connectivity index (χ1v) is 5.46. The van der Waals surface area contributed by atoms with Gasteiger partial charge in [-0.05, 0) is 6.92 Å². The van der Waals surface area contributed by atoms with Gasteiger partial charge in [0.05, 0.1) is 0 Å². The Balaban J connectivity index is 2.88. The molecule has 0 bridgehead atoms. The van der Waals surface area contributed by atoms with Crippen LogP contribution in [0.15, 0.2) is 6.07 Å². The summed E-state index contributed by atoms with van der Waals surface area (Å²) in [5, 5.41) is 4.33. The number of nitrogen functional groups attached to an aromatic ring is 1. The molecular formula is C9H15N3OS. The molecule has 2 N–H and O–H groups in total. The number of anilines is 1. The van der Waals surface area contributed by atoms with Gasteiger partial charge < -0.3 is 5.73 Å². The van der Waals surface area contributed by atoms with Crippen molar-refractivity contribution in [2.75, 3.05) is 5.73 Å². The molecule has 1 aromatic rings. The van der Waals surface area contributed by atoms with Crippen molar-refractivity contribution in [1.29, 1.82) is 0 Å². The molecule has 5 heteroatoms. The van der Waals surface area contributed by atoms with E-state index in [1.807, 2.05) is 20.8 Å². The molecule has 14 heavy (non-hydrogen) atoms. The summed E-state index contributed by atoms with van der Waals surface area (Å²) >= 11 is 1.30. The van der Waals surface area contributed by atoms with Crippen LogP contribution in [0.1, 0.15) is 31.3 Å². The van der Waals surface area contributed by atoms with Crippen LogP contribution in [0.25, 0.3) is 0 Å². The second-order valence-corrected chi connectivity index (χ2v) is 4.77. The molecule has 0 saturated carbocycles. The Morgan fingerprint density at radius 3 is 2.86 bits per heavy atom. The minimum absolute atomic E-state index is 0.0334. The van der Waals surface area contributed by atoms with Crippen LogP contribution in [-0.2, 0) is 6.54 Å². The monoisotopic (exact) mass is 213 g/mol. The number of hydrogen-bond donors (Lipinski definition) is 1. The highest BCUT2D eigenvalue weighted by Crippen LogP contribution is 2.18. The van der Waals surface area contributed by atoms with Crippen LogP contribution in [-0.4, -0.2) is 20.1 Å². The Morgan fingerprint density at radius 2 is 2.36 bits per heavy atom. The van der Waals surface area contributed by atoms with Gasteiger partial charge in [-0.1, -0.05) is 25.6 Å². The molecule has 1 aromatic heterocycles. The van der Waals surface area contributed by atoms with Gasteiger partial charge in [-0.25, -0.2) is 0 Å². The number of aromatic nitrogens is 2. The average molecular weight is 213 g/mol. The zero-order valence-corrected chi connectivity index (χ0v) is 9.47. The zero-order valence-electron chi connectivity index (χ0n) is 8.65. The fourth-order valence-corrected chi connectivity index (χ4v) is 1.83. The smallest absolute Gasteiger partial charge is 0.237 e. The van der Waals surface area contributed by atoms with Crippen molar-refractivity contribution >= 4 is 22.7 Å². The summed E-state index contributed by atoms with van der Waals surface area (Å²) in [6.07, 6.45) is 0. The number of nitrogens with zero attached hydrogens (tertiary/aromatic N) is 2. The molecule has 0 aliphatic heterocycles. The van der Waals surface area contributed by atoms with Gasteiger partial charge in [0.1, 0.15) is 11.5 Å². The highest BCUT2D eigenvalue weighted by molar-refractivity contribution is 8.14. The second-order valence-electron chi connectivity index (χ2n) is 3.22. The molecule has 0 spiro atoms. The van der Waals surface area contributed by atoms with E-state index in [1.54, 1.807) is 10.7 Å². The van der Waals surface area contributed by atoms with E-state index >= 15 is 0 Å². The van der Waals surface area contributed by atoms with E-state index in [-0.39, 0.29) is 10.4 Å². The molecule has 0 atom stereocenters. The zero-order chi connectivity index (χ0) is 10.7. The van der Waals surface area contributed by atoms with Crippen LogP contribution in [0.2, 0.25) is 0 Å². The molecule has 0 unspecified atom stereocenters. The fourth-order valence-electron chi connectivity index (χ4n) is 1.12. The summed E-state index contributed by atoms with van der Waals surface area (Å²) in [6, 6.07) is 1.63. The van der Waals surface area contributed by atoms with Gasteiger partial charge >= 0.3 is 0 Å². The second kappa shape index (κ2) is 4.50. The Hall–Kier alpha value is -0.970. The molecule has 0 aliphatic carbocycles. The Labute approximate surface area is 87.9 Å². The number of nitrogens with two attached hydrogens (primary N) is 1. The maximum absolute atomic E-state index is 11.7. The van der Waals surface area contributed by atoms with E-state index in [0.717, 1.165) is 0 Å². The van der Waals surface area contributed by atoms with Crippen LogP contribution >= 0.6 is 11.8 Å². The van der Waals surface area contributed by atoms with Gasteiger partial charge in [0.2, 0.25) is 5.12 Å². The summed E-state index contributed by atoms with van der Waals surface area (Å²) in [7, 11) is 0. The van der Waals surface area contributed by atoms with Gasteiger partial charge in [0.15, 0.2) is 0 Å². The Kier molecular flexibility index (Phi) is 3.57. The molecule has 0 saturated heterocycles. The molecule has 1 rings (SSSR count). The molecular weight excluding hydrogens is 198 g/mol. The first-order chi connectivity index (χ1) is 6.54. The van der Waals surface area contributed by atoms with Crippen LogP contribution in [0.5, 0.6) is 0 Å². The van der Waals surface area contributed by atoms with Gasteiger partial charge in [-0.3, -0.25) is 9.48 Å². The molecule has 0 aliphatic rings. The highest BCUT2D eigenvalue weighted by Gasteiger charge is 2.15. The quantitative estimate of drug-likeness (QED) is 0.831. The maximum atomic E-state index is 11.7. The van der Waals surface area contributed by atoms with Crippen molar-refractivity contribution in [3.63, 3.8) is 0 Å². The van der Waals surface area contributed by atoms with E-state index in [4.69, 9.17) is 5.73 Å². The lowest BCUT2D eigenvalue weighted by molar-refractivity contribution is 0.107. The van der Waals surface area contributed by atoms with Crippen LogP contribution in [0, 0.1) is 0 Å². The van der Waals surface area contributed by atoms with Crippen molar-refractivity contribution in [2.45, 2.75) is 32.6 Å². The van der Waals surface area contributed by atoms with Gasteiger partial charge in [-0.2, -0.15) is 5.10 Å². The maximum Gasteiger partial charge on any atom is 0.237 e. The molecule has 4 nitrogen and oxygen atoms in total. The Bertz CT molecular complexity index is 333. The third-order valence-corrected chi connectivity index (χ3v) is 2.54. The minimum atomic E-state index is 0.0334. The van der Waals surface area contributed by atoms with Crippen LogP contribution in [0.4, 0.5) is 5.82 Å². The molecule has 1 heterocycles. The number of carbonyl (C=O) groups is 1. The summed E-state index contributed by atoms with van der Waals surface area (Å²) in [4.78, 5) is 11.7.